The Morgan fingerprint density at radius 2 is 2.21 bits per heavy atom. The molecule has 0 saturated carbocycles. The highest BCUT2D eigenvalue weighted by molar-refractivity contribution is 7.16. The maximum Gasteiger partial charge on any atom is 0.263 e. The van der Waals surface area contributed by atoms with Gasteiger partial charge in [-0.3, -0.25) is 4.98 Å². The Bertz CT molecular complexity index is 1060. The van der Waals surface area contributed by atoms with Crippen molar-refractivity contribution in [1.82, 2.24) is 20.2 Å². The lowest BCUT2D eigenvalue weighted by atomic mass is 10.1. The number of hydrogen-bond acceptors (Lipinski definition) is 9. The van der Waals surface area contributed by atoms with E-state index < -0.39 is 6.10 Å². The van der Waals surface area contributed by atoms with Crippen molar-refractivity contribution in [1.29, 1.82) is 0 Å². The van der Waals surface area contributed by atoms with Crippen LogP contribution in [0.4, 0.5) is 0 Å². The summed E-state index contributed by atoms with van der Waals surface area (Å²) in [6.45, 7) is 2.60. The van der Waals surface area contributed by atoms with Crippen LogP contribution in [0.3, 0.4) is 0 Å². The molecule has 3 heterocycles. The molecule has 0 aliphatic rings. The van der Waals surface area contributed by atoms with Crippen LogP contribution in [0.1, 0.15) is 36.6 Å². The molecule has 1 unspecified atom stereocenters. The maximum absolute atomic E-state index is 6.16. The first-order chi connectivity index (χ1) is 13.8. The highest BCUT2D eigenvalue weighted by Gasteiger charge is 2.23. The number of rotatable bonds is 8. The van der Waals surface area contributed by atoms with Gasteiger partial charge in [0.2, 0.25) is 12.5 Å². The van der Waals surface area contributed by atoms with E-state index in [4.69, 9.17) is 14.0 Å². The lowest BCUT2D eigenvalue weighted by Gasteiger charge is -2.15. The molecule has 28 heavy (non-hydrogen) atoms. The summed E-state index contributed by atoms with van der Waals surface area (Å²) in [5.41, 5.74) is 4.17. The van der Waals surface area contributed by atoms with Gasteiger partial charge in [-0.25, -0.2) is 4.98 Å². The second-order valence-corrected chi connectivity index (χ2v) is 6.72. The van der Waals surface area contributed by atoms with E-state index in [2.05, 4.69) is 25.3 Å². The zero-order valence-corrected chi connectivity index (χ0v) is 15.9. The van der Waals surface area contributed by atoms with E-state index in [9.17, 15) is 0 Å². The molecule has 4 aromatic rings. The molecule has 142 valence electrons. The molecular weight excluding hydrogens is 378 g/mol. The summed E-state index contributed by atoms with van der Waals surface area (Å²) in [5, 5.41) is 11.7. The first-order valence-electron chi connectivity index (χ1n) is 8.70. The van der Waals surface area contributed by atoms with E-state index in [-0.39, 0.29) is 0 Å². The van der Waals surface area contributed by atoms with Gasteiger partial charge in [0.25, 0.3) is 5.89 Å². The molecule has 3 aromatic heterocycles. The summed E-state index contributed by atoms with van der Waals surface area (Å²) in [4.78, 5) is 13.9. The van der Waals surface area contributed by atoms with E-state index in [1.165, 1.54) is 6.39 Å². The third-order valence-electron chi connectivity index (χ3n) is 3.80. The molecule has 1 atom stereocenters. The minimum atomic E-state index is -0.655. The third-order valence-corrected chi connectivity index (χ3v) is 4.60. The van der Waals surface area contributed by atoms with Crippen molar-refractivity contribution in [3.63, 3.8) is 0 Å². The van der Waals surface area contributed by atoms with Crippen LogP contribution < -0.4 is 4.74 Å². The second kappa shape index (κ2) is 8.57. The van der Waals surface area contributed by atoms with Gasteiger partial charge in [0.05, 0.1) is 27.6 Å². The molecule has 0 aliphatic heterocycles. The standard InChI is InChI=1S/C19H17N5O3S/c1-2-7-26-23-10-13-5-6-20-16(8-13)18(19-24-22-11-25-19)27-14-3-4-15-17(9-14)28-12-21-15/h3-6,8-12,18H,2,7H2,1H3/b23-10+. The molecule has 0 aliphatic carbocycles. The van der Waals surface area contributed by atoms with Crippen LogP contribution in [-0.2, 0) is 4.84 Å². The number of thiazole rings is 1. The smallest absolute Gasteiger partial charge is 0.263 e. The van der Waals surface area contributed by atoms with Crippen LogP contribution in [0.15, 0.2) is 58.0 Å². The van der Waals surface area contributed by atoms with Gasteiger partial charge >= 0.3 is 0 Å². The number of pyridine rings is 1. The number of hydrogen-bond donors (Lipinski definition) is 0. The summed E-state index contributed by atoms with van der Waals surface area (Å²) in [6, 6.07) is 9.37. The van der Waals surface area contributed by atoms with Gasteiger partial charge in [-0.1, -0.05) is 12.1 Å². The van der Waals surface area contributed by atoms with Gasteiger partial charge in [-0.05, 0) is 42.3 Å². The lowest BCUT2D eigenvalue weighted by molar-refractivity contribution is 0.146. The highest BCUT2D eigenvalue weighted by Crippen LogP contribution is 2.29. The third kappa shape index (κ3) is 4.15. The number of oxime groups is 1. The van der Waals surface area contributed by atoms with E-state index in [0.29, 0.717) is 23.9 Å². The van der Waals surface area contributed by atoms with Gasteiger partial charge in [-0.2, -0.15) is 0 Å². The molecule has 0 N–H and O–H groups in total. The van der Waals surface area contributed by atoms with Crippen molar-refractivity contribution in [3.8, 4) is 5.75 Å². The molecule has 0 bridgehead atoms. The van der Waals surface area contributed by atoms with Gasteiger partial charge in [-0.15, -0.1) is 21.5 Å². The van der Waals surface area contributed by atoms with Crippen molar-refractivity contribution in [3.05, 3.63) is 65.6 Å². The van der Waals surface area contributed by atoms with E-state index in [1.807, 2.05) is 37.3 Å². The van der Waals surface area contributed by atoms with Crippen molar-refractivity contribution in [2.75, 3.05) is 6.61 Å². The summed E-state index contributed by atoms with van der Waals surface area (Å²) in [5.74, 6) is 0.973. The van der Waals surface area contributed by atoms with E-state index in [1.54, 1.807) is 29.3 Å². The van der Waals surface area contributed by atoms with Crippen molar-refractivity contribution < 1.29 is 14.0 Å². The number of benzene rings is 1. The first kappa shape index (κ1) is 18.1. The Balaban J connectivity index is 1.62. The Hall–Kier alpha value is -3.33. The van der Waals surface area contributed by atoms with E-state index in [0.717, 1.165) is 22.2 Å². The summed E-state index contributed by atoms with van der Waals surface area (Å²) in [7, 11) is 0. The Kier molecular flexibility index (Phi) is 5.53. The van der Waals surface area contributed by atoms with Crippen LogP contribution in [0.25, 0.3) is 10.2 Å². The maximum atomic E-state index is 6.16. The van der Waals surface area contributed by atoms with Crippen molar-refractivity contribution in [2.24, 2.45) is 5.16 Å². The van der Waals surface area contributed by atoms with Crippen molar-refractivity contribution >= 4 is 27.8 Å². The Morgan fingerprint density at radius 3 is 3.07 bits per heavy atom. The van der Waals surface area contributed by atoms with Gasteiger partial charge in [0.1, 0.15) is 12.4 Å². The topological polar surface area (TPSA) is 95.5 Å². The molecule has 0 spiro atoms. The molecule has 8 nitrogen and oxygen atoms in total. The average Bonchev–Trinajstić information content (AvgIpc) is 3.41. The van der Waals surface area contributed by atoms with Crippen LogP contribution in [0, 0.1) is 0 Å². The van der Waals surface area contributed by atoms with Gasteiger partial charge in [0.15, 0.2) is 0 Å². The minimum absolute atomic E-state index is 0.313. The second-order valence-electron chi connectivity index (χ2n) is 5.84. The van der Waals surface area contributed by atoms with Crippen molar-refractivity contribution in [2.45, 2.75) is 19.4 Å². The fraction of sp³-hybridized carbons (Fsp3) is 0.211. The number of ether oxygens (including phenoxy) is 1. The molecule has 1 aromatic carbocycles. The molecule has 4 rings (SSSR count). The fourth-order valence-corrected chi connectivity index (χ4v) is 3.21. The minimum Gasteiger partial charge on any atom is -0.474 e. The number of fused-ring (bicyclic) bond motifs is 1. The zero-order valence-electron chi connectivity index (χ0n) is 15.1. The zero-order chi connectivity index (χ0) is 19.2. The molecule has 0 amide bonds. The van der Waals surface area contributed by atoms with Crippen LogP contribution in [0.5, 0.6) is 5.75 Å². The summed E-state index contributed by atoms with van der Waals surface area (Å²) in [6.07, 6.45) is 4.82. The molecule has 0 radical (unpaired) electrons. The fourth-order valence-electron chi connectivity index (χ4n) is 2.51. The predicted octanol–water partition coefficient (Wildman–Crippen LogP) is 4.00. The summed E-state index contributed by atoms with van der Waals surface area (Å²) < 4.78 is 12.6. The average molecular weight is 395 g/mol. The summed E-state index contributed by atoms with van der Waals surface area (Å²) >= 11 is 1.55. The van der Waals surface area contributed by atoms with Crippen LogP contribution in [0.2, 0.25) is 0 Å². The molecule has 0 fully saturated rings. The Labute approximate surface area is 164 Å². The quantitative estimate of drug-likeness (QED) is 0.253. The van der Waals surface area contributed by atoms with Gasteiger partial charge in [0, 0.05) is 6.20 Å². The lowest BCUT2D eigenvalue weighted by Crippen LogP contribution is -2.12. The van der Waals surface area contributed by atoms with Crippen LogP contribution in [-0.4, -0.2) is 33.0 Å². The van der Waals surface area contributed by atoms with E-state index >= 15 is 0 Å². The predicted molar refractivity (Wildman–Crippen MR) is 104 cm³/mol. The molecule has 9 heteroatoms. The monoisotopic (exact) mass is 395 g/mol. The van der Waals surface area contributed by atoms with Gasteiger partial charge < -0.3 is 14.0 Å². The molecule has 0 saturated heterocycles. The van der Waals surface area contributed by atoms with Crippen LogP contribution >= 0.6 is 11.3 Å². The number of aromatic nitrogens is 4. The SMILES string of the molecule is CCCO/N=C/c1ccnc(C(Oc2ccc3ncsc3c2)c2nnco2)c1. The first-order valence-corrected chi connectivity index (χ1v) is 9.58. The Morgan fingerprint density at radius 1 is 1.25 bits per heavy atom. The number of nitrogens with zero attached hydrogens (tertiary/aromatic N) is 5. The highest BCUT2D eigenvalue weighted by atomic mass is 32.1. The largest absolute Gasteiger partial charge is 0.474 e. The normalized spacial score (nSPS) is 12.5. The molecular formula is C19H17N5O3S.